The number of fused-ring (bicyclic) bond motifs is 1. The molecule has 0 spiro atoms. The van der Waals surface area contributed by atoms with E-state index in [1.807, 2.05) is 24.5 Å². The van der Waals surface area contributed by atoms with Gasteiger partial charge < -0.3 is 5.73 Å². The Morgan fingerprint density at radius 2 is 2.00 bits per heavy atom. The molecular weight excluding hydrogens is 222 g/mol. The summed E-state index contributed by atoms with van der Waals surface area (Å²) in [6.45, 7) is 2.66. The van der Waals surface area contributed by atoms with Crippen LogP contribution in [0.3, 0.4) is 0 Å². The average Bonchev–Trinajstić information content (AvgIpc) is 2.83. The largest absolute Gasteiger partial charge is 0.326 e. The van der Waals surface area contributed by atoms with Crippen molar-refractivity contribution in [1.29, 1.82) is 0 Å². The van der Waals surface area contributed by atoms with Crippen molar-refractivity contribution < 1.29 is 0 Å². The topological polar surface area (TPSA) is 43.8 Å². The van der Waals surface area contributed by atoms with Crippen molar-refractivity contribution in [2.45, 2.75) is 13.5 Å². The van der Waals surface area contributed by atoms with Crippen molar-refractivity contribution in [2.75, 3.05) is 0 Å². The summed E-state index contributed by atoms with van der Waals surface area (Å²) in [4.78, 5) is 4.42. The van der Waals surface area contributed by atoms with Crippen molar-refractivity contribution in [1.82, 2.24) is 9.55 Å². The van der Waals surface area contributed by atoms with Crippen LogP contribution in [-0.2, 0) is 6.54 Å². The molecule has 2 aromatic carbocycles. The molecule has 0 atom stereocenters. The number of aromatic nitrogens is 2. The van der Waals surface area contributed by atoms with Crippen molar-refractivity contribution in [3.8, 4) is 5.69 Å². The van der Waals surface area contributed by atoms with Crippen LogP contribution in [0.2, 0.25) is 0 Å². The number of rotatable bonds is 2. The lowest BCUT2D eigenvalue weighted by molar-refractivity contribution is 1.03. The van der Waals surface area contributed by atoms with Gasteiger partial charge in [-0.05, 0) is 36.2 Å². The van der Waals surface area contributed by atoms with Crippen LogP contribution in [0, 0.1) is 6.92 Å². The molecule has 2 N–H and O–H groups in total. The standard InChI is InChI=1S/C15H15N3/c1-11-6-7-12(9-16)8-15(11)18-10-17-13-4-2-3-5-14(13)18/h2-8,10H,9,16H2,1H3. The number of nitrogens with two attached hydrogens (primary N) is 1. The minimum atomic E-state index is 0.555. The van der Waals surface area contributed by atoms with Crippen LogP contribution in [0.1, 0.15) is 11.1 Å². The van der Waals surface area contributed by atoms with Gasteiger partial charge >= 0.3 is 0 Å². The molecule has 0 fully saturated rings. The molecule has 0 amide bonds. The summed E-state index contributed by atoms with van der Waals surface area (Å²) in [6.07, 6.45) is 1.87. The summed E-state index contributed by atoms with van der Waals surface area (Å²) in [6, 6.07) is 14.4. The Morgan fingerprint density at radius 3 is 2.83 bits per heavy atom. The van der Waals surface area contributed by atoms with Gasteiger partial charge in [-0.25, -0.2) is 4.98 Å². The maximum atomic E-state index is 5.71. The highest BCUT2D eigenvalue weighted by Crippen LogP contribution is 2.21. The van der Waals surface area contributed by atoms with Crippen LogP contribution >= 0.6 is 0 Å². The third kappa shape index (κ3) is 1.69. The Balaban J connectivity index is 2.25. The van der Waals surface area contributed by atoms with E-state index in [1.165, 1.54) is 5.56 Å². The van der Waals surface area contributed by atoms with Gasteiger partial charge in [-0.2, -0.15) is 0 Å². The molecular formula is C15H15N3. The van der Waals surface area contributed by atoms with E-state index in [2.05, 4.69) is 40.7 Å². The molecule has 3 nitrogen and oxygen atoms in total. The highest BCUT2D eigenvalue weighted by Gasteiger charge is 2.06. The van der Waals surface area contributed by atoms with E-state index in [9.17, 15) is 0 Å². The summed E-state index contributed by atoms with van der Waals surface area (Å²) in [5.41, 5.74) is 11.3. The van der Waals surface area contributed by atoms with E-state index in [0.29, 0.717) is 6.54 Å². The van der Waals surface area contributed by atoms with Crippen LogP contribution in [0.4, 0.5) is 0 Å². The monoisotopic (exact) mass is 237 g/mol. The van der Waals surface area contributed by atoms with E-state index in [1.54, 1.807) is 0 Å². The first-order valence-corrected chi connectivity index (χ1v) is 6.01. The molecule has 0 aliphatic heterocycles. The predicted octanol–water partition coefficient (Wildman–Crippen LogP) is 2.79. The number of imidazole rings is 1. The highest BCUT2D eigenvalue weighted by molar-refractivity contribution is 5.77. The molecule has 0 bridgehead atoms. The molecule has 1 aromatic heterocycles. The minimum absolute atomic E-state index is 0.555. The number of aryl methyl sites for hydroxylation is 1. The molecule has 3 heteroatoms. The maximum Gasteiger partial charge on any atom is 0.100 e. The molecule has 3 aromatic rings. The van der Waals surface area contributed by atoms with Crippen molar-refractivity contribution >= 4 is 11.0 Å². The van der Waals surface area contributed by atoms with E-state index in [0.717, 1.165) is 22.3 Å². The van der Waals surface area contributed by atoms with E-state index < -0.39 is 0 Å². The lowest BCUT2D eigenvalue weighted by Gasteiger charge is -2.10. The Bertz CT molecular complexity index is 698. The second-order valence-corrected chi connectivity index (χ2v) is 4.43. The normalized spacial score (nSPS) is 11.0. The number of hydrogen-bond donors (Lipinski definition) is 1. The number of para-hydroxylation sites is 2. The molecule has 0 radical (unpaired) electrons. The van der Waals surface area contributed by atoms with E-state index in [4.69, 9.17) is 5.73 Å². The zero-order chi connectivity index (χ0) is 12.5. The molecule has 0 saturated heterocycles. The van der Waals surface area contributed by atoms with Crippen LogP contribution in [0.5, 0.6) is 0 Å². The molecule has 0 aliphatic rings. The Morgan fingerprint density at radius 1 is 1.17 bits per heavy atom. The summed E-state index contributed by atoms with van der Waals surface area (Å²) in [5, 5.41) is 0. The van der Waals surface area contributed by atoms with Gasteiger partial charge in [0.15, 0.2) is 0 Å². The Kier molecular flexibility index (Phi) is 2.61. The first-order chi connectivity index (χ1) is 8.79. The summed E-state index contributed by atoms with van der Waals surface area (Å²) >= 11 is 0. The van der Waals surface area contributed by atoms with Crippen LogP contribution in [0.25, 0.3) is 16.7 Å². The average molecular weight is 237 g/mol. The van der Waals surface area contributed by atoms with Gasteiger partial charge in [-0.1, -0.05) is 24.3 Å². The molecule has 18 heavy (non-hydrogen) atoms. The van der Waals surface area contributed by atoms with Gasteiger partial charge in [0.1, 0.15) is 6.33 Å². The molecule has 1 heterocycles. The lowest BCUT2D eigenvalue weighted by Crippen LogP contribution is -2.01. The van der Waals surface area contributed by atoms with Crippen LogP contribution in [0.15, 0.2) is 48.8 Å². The van der Waals surface area contributed by atoms with Crippen LogP contribution in [-0.4, -0.2) is 9.55 Å². The quantitative estimate of drug-likeness (QED) is 0.744. The smallest absolute Gasteiger partial charge is 0.100 e. The van der Waals surface area contributed by atoms with Gasteiger partial charge in [0.2, 0.25) is 0 Å². The molecule has 90 valence electrons. The van der Waals surface area contributed by atoms with Gasteiger partial charge in [-0.15, -0.1) is 0 Å². The first-order valence-electron chi connectivity index (χ1n) is 6.01. The summed E-state index contributed by atoms with van der Waals surface area (Å²) in [7, 11) is 0. The minimum Gasteiger partial charge on any atom is -0.326 e. The number of benzene rings is 2. The second-order valence-electron chi connectivity index (χ2n) is 4.43. The molecule has 0 saturated carbocycles. The fraction of sp³-hybridized carbons (Fsp3) is 0.133. The Hall–Kier alpha value is -2.13. The van der Waals surface area contributed by atoms with Gasteiger partial charge in [0.25, 0.3) is 0 Å². The zero-order valence-corrected chi connectivity index (χ0v) is 10.3. The molecule has 3 rings (SSSR count). The summed E-state index contributed by atoms with van der Waals surface area (Å²) < 4.78 is 2.11. The predicted molar refractivity (Wildman–Crippen MR) is 73.7 cm³/mol. The lowest BCUT2D eigenvalue weighted by atomic mass is 10.1. The fourth-order valence-corrected chi connectivity index (χ4v) is 2.19. The maximum absolute atomic E-state index is 5.71. The van der Waals surface area contributed by atoms with Crippen molar-refractivity contribution in [3.05, 3.63) is 59.9 Å². The fourth-order valence-electron chi connectivity index (χ4n) is 2.19. The van der Waals surface area contributed by atoms with Gasteiger partial charge in [-0.3, -0.25) is 4.57 Å². The van der Waals surface area contributed by atoms with E-state index in [-0.39, 0.29) is 0 Å². The van der Waals surface area contributed by atoms with E-state index >= 15 is 0 Å². The van der Waals surface area contributed by atoms with Gasteiger partial charge in [0, 0.05) is 6.54 Å². The summed E-state index contributed by atoms with van der Waals surface area (Å²) in [5.74, 6) is 0. The van der Waals surface area contributed by atoms with Crippen LogP contribution < -0.4 is 5.73 Å². The van der Waals surface area contributed by atoms with Gasteiger partial charge in [0.05, 0.1) is 16.7 Å². The molecule has 0 unspecified atom stereocenters. The number of nitrogens with zero attached hydrogens (tertiary/aromatic N) is 2. The molecule has 0 aliphatic carbocycles. The van der Waals surface area contributed by atoms with Crippen molar-refractivity contribution in [2.24, 2.45) is 5.73 Å². The second kappa shape index (κ2) is 4.27. The third-order valence-electron chi connectivity index (χ3n) is 3.22. The third-order valence-corrected chi connectivity index (χ3v) is 3.22. The zero-order valence-electron chi connectivity index (χ0n) is 10.3. The Labute approximate surface area is 106 Å². The first kappa shape index (κ1) is 11.0. The SMILES string of the molecule is Cc1ccc(CN)cc1-n1cnc2ccccc21. The van der Waals surface area contributed by atoms with Crippen molar-refractivity contribution in [3.63, 3.8) is 0 Å². The highest BCUT2D eigenvalue weighted by atomic mass is 15.0. The number of hydrogen-bond acceptors (Lipinski definition) is 2.